The third kappa shape index (κ3) is 5.89. The minimum Gasteiger partial charge on any atom is -0.496 e. The lowest BCUT2D eigenvalue weighted by atomic mass is 10.2. The Bertz CT molecular complexity index is 965. The van der Waals surface area contributed by atoms with E-state index in [0.717, 1.165) is 17.3 Å². The topological polar surface area (TPSA) is 121 Å². The Labute approximate surface area is 165 Å². The Morgan fingerprint density at radius 2 is 2.07 bits per heavy atom. The summed E-state index contributed by atoms with van der Waals surface area (Å²) in [7, 11) is 1.54. The Morgan fingerprint density at radius 1 is 1.32 bits per heavy atom. The van der Waals surface area contributed by atoms with Crippen molar-refractivity contribution in [3.8, 4) is 11.8 Å². The number of nitrogens with zero attached hydrogens (tertiary/aromatic N) is 1. The van der Waals surface area contributed by atoms with Crippen molar-refractivity contribution in [1.82, 2.24) is 10.3 Å². The van der Waals surface area contributed by atoms with Crippen molar-refractivity contribution in [1.29, 1.82) is 5.26 Å². The van der Waals surface area contributed by atoms with Gasteiger partial charge in [-0.1, -0.05) is 30.0 Å². The van der Waals surface area contributed by atoms with Gasteiger partial charge in [-0.05, 0) is 18.6 Å². The first-order chi connectivity index (χ1) is 13.4. The van der Waals surface area contributed by atoms with Crippen LogP contribution >= 0.6 is 11.8 Å². The number of esters is 1. The van der Waals surface area contributed by atoms with Gasteiger partial charge in [-0.3, -0.25) is 14.4 Å². The van der Waals surface area contributed by atoms with E-state index < -0.39 is 18.5 Å². The molecule has 0 aliphatic carbocycles. The van der Waals surface area contributed by atoms with Crippen LogP contribution < -0.4 is 15.6 Å². The lowest BCUT2D eigenvalue weighted by Gasteiger charge is -2.10. The summed E-state index contributed by atoms with van der Waals surface area (Å²) in [6.07, 6.45) is 0. The number of aromatic amines is 1. The largest absolute Gasteiger partial charge is 0.496 e. The van der Waals surface area contributed by atoms with Gasteiger partial charge in [-0.15, -0.1) is 0 Å². The number of nitrogens with one attached hydrogen (secondary N) is 2. The standard InChI is InChI=1S/C19H19N3O5S/c1-12-7-16(23)22-19(14(12)8-20)28-11-18(25)27-10-17(24)21-9-13-5-3-4-6-15(13)26-2/h3-7H,9-11H2,1-2H3,(H,21,24)(H,22,23). The summed E-state index contributed by atoms with van der Waals surface area (Å²) in [6.45, 7) is 1.46. The number of carbonyl (C=O) groups excluding carboxylic acids is 2. The number of hydrogen-bond acceptors (Lipinski definition) is 7. The van der Waals surface area contributed by atoms with E-state index in [-0.39, 0.29) is 17.9 Å². The molecule has 1 aromatic heterocycles. The zero-order valence-corrected chi connectivity index (χ0v) is 16.2. The predicted molar refractivity (Wildman–Crippen MR) is 103 cm³/mol. The average Bonchev–Trinajstić information content (AvgIpc) is 2.68. The second-order valence-electron chi connectivity index (χ2n) is 5.67. The van der Waals surface area contributed by atoms with Gasteiger partial charge in [0.2, 0.25) is 5.56 Å². The fourth-order valence-electron chi connectivity index (χ4n) is 2.32. The molecule has 28 heavy (non-hydrogen) atoms. The maximum atomic E-state index is 11.9. The molecule has 0 unspecified atom stereocenters. The van der Waals surface area contributed by atoms with Crippen molar-refractivity contribution >= 4 is 23.6 Å². The minimum absolute atomic E-state index is 0.145. The molecular formula is C19H19N3O5S. The molecule has 1 aromatic carbocycles. The van der Waals surface area contributed by atoms with Gasteiger partial charge in [-0.25, -0.2) is 0 Å². The first-order valence-electron chi connectivity index (χ1n) is 8.25. The molecular weight excluding hydrogens is 382 g/mol. The zero-order valence-electron chi connectivity index (χ0n) is 15.4. The van der Waals surface area contributed by atoms with Crippen LogP contribution in [0.4, 0.5) is 0 Å². The molecule has 146 valence electrons. The van der Waals surface area contributed by atoms with E-state index >= 15 is 0 Å². The fraction of sp³-hybridized carbons (Fsp3) is 0.263. The number of pyridine rings is 1. The maximum Gasteiger partial charge on any atom is 0.316 e. The van der Waals surface area contributed by atoms with E-state index in [9.17, 15) is 14.4 Å². The lowest BCUT2D eigenvalue weighted by molar-refractivity contribution is -0.145. The molecule has 0 bridgehead atoms. The van der Waals surface area contributed by atoms with E-state index in [1.54, 1.807) is 20.1 Å². The second-order valence-corrected chi connectivity index (χ2v) is 6.66. The molecule has 2 rings (SSSR count). The van der Waals surface area contributed by atoms with Crippen molar-refractivity contribution in [3.05, 3.63) is 57.4 Å². The number of para-hydroxylation sites is 1. The molecule has 0 aliphatic heterocycles. The monoisotopic (exact) mass is 401 g/mol. The van der Waals surface area contributed by atoms with Crippen LogP contribution in [0, 0.1) is 18.3 Å². The van der Waals surface area contributed by atoms with Crippen LogP contribution in [0.15, 0.2) is 40.2 Å². The molecule has 8 nitrogen and oxygen atoms in total. The predicted octanol–water partition coefficient (Wildman–Crippen LogP) is 1.52. The highest BCUT2D eigenvalue weighted by Crippen LogP contribution is 2.21. The van der Waals surface area contributed by atoms with Gasteiger partial charge in [0.25, 0.3) is 5.91 Å². The van der Waals surface area contributed by atoms with Crippen molar-refractivity contribution in [2.24, 2.45) is 0 Å². The number of aromatic nitrogens is 1. The second kappa shape index (κ2) is 10.2. The molecule has 2 aromatic rings. The van der Waals surface area contributed by atoms with E-state index in [2.05, 4.69) is 10.3 Å². The van der Waals surface area contributed by atoms with Crippen molar-refractivity contribution in [3.63, 3.8) is 0 Å². The third-order valence-electron chi connectivity index (χ3n) is 3.68. The number of thioether (sulfide) groups is 1. The van der Waals surface area contributed by atoms with Gasteiger partial charge < -0.3 is 19.8 Å². The van der Waals surface area contributed by atoms with Crippen molar-refractivity contribution in [2.75, 3.05) is 19.5 Å². The maximum absolute atomic E-state index is 11.9. The van der Waals surface area contributed by atoms with Crippen LogP contribution in [-0.4, -0.2) is 36.3 Å². The van der Waals surface area contributed by atoms with Crippen molar-refractivity contribution in [2.45, 2.75) is 18.5 Å². The highest BCUT2D eigenvalue weighted by Gasteiger charge is 2.13. The fourth-order valence-corrected chi connectivity index (χ4v) is 3.19. The third-order valence-corrected chi connectivity index (χ3v) is 4.66. The number of H-pyrrole nitrogens is 1. The number of ether oxygens (including phenoxy) is 2. The Balaban J connectivity index is 1.81. The van der Waals surface area contributed by atoms with Crippen LogP contribution in [0.1, 0.15) is 16.7 Å². The van der Waals surface area contributed by atoms with E-state index in [0.29, 0.717) is 21.9 Å². The molecule has 9 heteroatoms. The summed E-state index contributed by atoms with van der Waals surface area (Å²) in [6, 6.07) is 10.5. The summed E-state index contributed by atoms with van der Waals surface area (Å²) in [5, 5.41) is 12.1. The zero-order chi connectivity index (χ0) is 20.5. The minimum atomic E-state index is -0.635. The van der Waals surface area contributed by atoms with Gasteiger partial charge in [-0.2, -0.15) is 5.26 Å². The molecule has 2 N–H and O–H groups in total. The molecule has 0 aliphatic rings. The first kappa shape index (κ1) is 21.1. The number of amides is 1. The summed E-state index contributed by atoms with van der Waals surface area (Å²) in [4.78, 5) is 37.7. The van der Waals surface area contributed by atoms with E-state index in [4.69, 9.17) is 14.7 Å². The van der Waals surface area contributed by atoms with Crippen LogP contribution in [0.25, 0.3) is 0 Å². The number of nitriles is 1. The van der Waals surface area contributed by atoms with Crippen LogP contribution in [0.5, 0.6) is 5.75 Å². The summed E-state index contributed by atoms with van der Waals surface area (Å²) >= 11 is 0.974. The summed E-state index contributed by atoms with van der Waals surface area (Å²) in [5.74, 6) is -0.584. The van der Waals surface area contributed by atoms with Crippen LogP contribution in [-0.2, 0) is 20.9 Å². The highest BCUT2D eigenvalue weighted by molar-refractivity contribution is 7.99. The summed E-state index contributed by atoms with van der Waals surface area (Å²) in [5.41, 5.74) is 1.26. The molecule has 0 radical (unpaired) electrons. The van der Waals surface area contributed by atoms with Gasteiger partial charge >= 0.3 is 5.97 Å². The number of hydrogen-bond donors (Lipinski definition) is 2. The van der Waals surface area contributed by atoms with Gasteiger partial charge in [0.1, 0.15) is 11.8 Å². The normalized spacial score (nSPS) is 10.0. The van der Waals surface area contributed by atoms with Crippen LogP contribution in [0.3, 0.4) is 0 Å². The van der Waals surface area contributed by atoms with Crippen LogP contribution in [0.2, 0.25) is 0 Å². The number of rotatable bonds is 8. The van der Waals surface area contributed by atoms with Gasteiger partial charge in [0.15, 0.2) is 6.61 Å². The molecule has 0 fully saturated rings. The molecule has 0 atom stereocenters. The number of carbonyl (C=O) groups is 2. The molecule has 1 heterocycles. The Hall–Kier alpha value is -3.25. The smallest absolute Gasteiger partial charge is 0.316 e. The first-order valence-corrected chi connectivity index (χ1v) is 9.24. The molecule has 0 saturated carbocycles. The Kier molecular flexibility index (Phi) is 7.65. The molecule has 0 saturated heterocycles. The van der Waals surface area contributed by atoms with E-state index in [1.807, 2.05) is 24.3 Å². The highest BCUT2D eigenvalue weighted by atomic mass is 32.2. The average molecular weight is 401 g/mol. The lowest BCUT2D eigenvalue weighted by Crippen LogP contribution is -2.28. The quantitative estimate of drug-likeness (QED) is 0.508. The molecule has 1 amide bonds. The van der Waals surface area contributed by atoms with Crippen molar-refractivity contribution < 1.29 is 19.1 Å². The molecule has 0 spiro atoms. The Morgan fingerprint density at radius 3 is 2.79 bits per heavy atom. The number of benzene rings is 1. The number of aryl methyl sites for hydroxylation is 1. The SMILES string of the molecule is COc1ccccc1CNC(=O)COC(=O)CSc1[nH]c(=O)cc(C)c1C#N. The number of methoxy groups -OCH3 is 1. The van der Waals surface area contributed by atoms with Gasteiger partial charge in [0, 0.05) is 18.2 Å². The summed E-state index contributed by atoms with van der Waals surface area (Å²) < 4.78 is 10.1. The van der Waals surface area contributed by atoms with Gasteiger partial charge in [0.05, 0.1) is 23.5 Å². The van der Waals surface area contributed by atoms with E-state index in [1.165, 1.54) is 6.07 Å².